The second-order valence-electron chi connectivity index (χ2n) is 5.16. The van der Waals surface area contributed by atoms with Crippen molar-refractivity contribution in [1.29, 1.82) is 0 Å². The molecular weight excluding hydrogens is 256 g/mol. The van der Waals surface area contributed by atoms with Gasteiger partial charge in [-0.05, 0) is 18.9 Å². The first-order chi connectivity index (χ1) is 9.39. The van der Waals surface area contributed by atoms with E-state index in [0.717, 1.165) is 5.56 Å². The zero-order valence-electron chi connectivity index (χ0n) is 12.8. The number of hydrogen-bond acceptors (Lipinski definition) is 4. The maximum Gasteiger partial charge on any atom is 0.338 e. The maximum absolute atomic E-state index is 12.0. The summed E-state index contributed by atoms with van der Waals surface area (Å²) >= 11 is 0. The molecule has 0 aromatic heterocycles. The first kappa shape index (κ1) is 16.5. The van der Waals surface area contributed by atoms with Gasteiger partial charge in [-0.3, -0.25) is 0 Å². The minimum Gasteiger partial charge on any atom is -0.494 e. The van der Waals surface area contributed by atoms with E-state index in [2.05, 4.69) is 0 Å². The van der Waals surface area contributed by atoms with Gasteiger partial charge in [0.25, 0.3) is 0 Å². The van der Waals surface area contributed by atoms with E-state index in [0.29, 0.717) is 12.4 Å². The highest BCUT2D eigenvalue weighted by Crippen LogP contribution is 2.39. The number of benzene rings is 1. The van der Waals surface area contributed by atoms with Crippen molar-refractivity contribution in [3.8, 4) is 5.75 Å². The third kappa shape index (κ3) is 2.96. The molecule has 4 nitrogen and oxygen atoms in total. The molecule has 0 saturated heterocycles. The molecule has 1 N–H and O–H groups in total. The highest BCUT2D eigenvalue weighted by Gasteiger charge is 2.47. The topological polar surface area (TPSA) is 55.8 Å². The first-order valence-electron chi connectivity index (χ1n) is 6.92. The molecule has 0 saturated carbocycles. The van der Waals surface area contributed by atoms with Crippen LogP contribution in [-0.4, -0.2) is 30.4 Å². The average molecular weight is 280 g/mol. The van der Waals surface area contributed by atoms with Crippen LogP contribution in [0.4, 0.5) is 0 Å². The fourth-order valence-electron chi connectivity index (χ4n) is 2.44. The quantitative estimate of drug-likeness (QED) is 0.814. The van der Waals surface area contributed by atoms with Crippen LogP contribution in [-0.2, 0) is 9.53 Å². The van der Waals surface area contributed by atoms with E-state index < -0.39 is 17.5 Å². The first-order valence-corrected chi connectivity index (χ1v) is 6.92. The van der Waals surface area contributed by atoms with Crippen molar-refractivity contribution in [2.24, 2.45) is 5.92 Å². The Morgan fingerprint density at radius 2 is 1.90 bits per heavy atom. The van der Waals surface area contributed by atoms with Crippen molar-refractivity contribution in [2.75, 3.05) is 13.7 Å². The molecule has 4 heteroatoms. The SMILES string of the molecule is CCOc1ccccc1C(C)C(O)(C(=O)OC)C(C)C. The lowest BCUT2D eigenvalue weighted by Gasteiger charge is -2.35. The Morgan fingerprint density at radius 3 is 2.40 bits per heavy atom. The monoisotopic (exact) mass is 280 g/mol. The molecule has 0 aliphatic rings. The maximum atomic E-state index is 12.0. The Bertz CT molecular complexity index is 456. The van der Waals surface area contributed by atoms with Gasteiger partial charge in [0.15, 0.2) is 5.60 Å². The van der Waals surface area contributed by atoms with Gasteiger partial charge in [-0.2, -0.15) is 0 Å². The normalized spacial score (nSPS) is 15.6. The minimum absolute atomic E-state index is 0.278. The molecule has 112 valence electrons. The Balaban J connectivity index is 3.26. The fourth-order valence-corrected chi connectivity index (χ4v) is 2.44. The molecule has 0 bridgehead atoms. The van der Waals surface area contributed by atoms with E-state index >= 15 is 0 Å². The number of carbonyl (C=O) groups is 1. The molecule has 1 aromatic rings. The molecule has 2 unspecified atom stereocenters. The molecule has 0 aliphatic carbocycles. The molecule has 0 aliphatic heterocycles. The fraction of sp³-hybridized carbons (Fsp3) is 0.562. The summed E-state index contributed by atoms with van der Waals surface area (Å²) in [5.41, 5.74) is -0.780. The van der Waals surface area contributed by atoms with E-state index in [-0.39, 0.29) is 5.92 Å². The summed E-state index contributed by atoms with van der Waals surface area (Å²) < 4.78 is 10.4. The second kappa shape index (κ2) is 6.75. The van der Waals surface area contributed by atoms with Gasteiger partial charge in [-0.15, -0.1) is 0 Å². The zero-order valence-corrected chi connectivity index (χ0v) is 12.8. The van der Waals surface area contributed by atoms with Crippen LogP contribution < -0.4 is 4.74 Å². The molecule has 0 fully saturated rings. The largest absolute Gasteiger partial charge is 0.494 e. The lowest BCUT2D eigenvalue weighted by molar-refractivity contribution is -0.170. The Kier molecular flexibility index (Phi) is 5.57. The van der Waals surface area contributed by atoms with Gasteiger partial charge in [0.05, 0.1) is 13.7 Å². The number of methoxy groups -OCH3 is 1. The van der Waals surface area contributed by atoms with E-state index in [1.54, 1.807) is 13.8 Å². The van der Waals surface area contributed by atoms with Gasteiger partial charge >= 0.3 is 5.97 Å². The molecule has 1 aromatic carbocycles. The predicted molar refractivity (Wildman–Crippen MR) is 77.8 cm³/mol. The van der Waals surface area contributed by atoms with Gasteiger partial charge in [-0.25, -0.2) is 4.79 Å². The van der Waals surface area contributed by atoms with Crippen LogP contribution in [0.3, 0.4) is 0 Å². The third-order valence-electron chi connectivity index (χ3n) is 3.74. The van der Waals surface area contributed by atoms with Crippen molar-refractivity contribution < 1.29 is 19.4 Å². The van der Waals surface area contributed by atoms with E-state index in [9.17, 15) is 9.90 Å². The highest BCUT2D eigenvalue weighted by molar-refractivity contribution is 5.81. The molecule has 0 radical (unpaired) electrons. The molecule has 1 rings (SSSR count). The average Bonchev–Trinajstić information content (AvgIpc) is 2.45. The van der Waals surface area contributed by atoms with Crippen molar-refractivity contribution in [3.63, 3.8) is 0 Å². The number of carbonyl (C=O) groups excluding carboxylic acids is 1. The standard InChI is InChI=1S/C16H24O4/c1-6-20-14-10-8-7-9-13(14)12(4)16(18,11(2)3)15(17)19-5/h7-12,18H,6H2,1-5H3. The molecule has 20 heavy (non-hydrogen) atoms. The van der Waals surface area contributed by atoms with E-state index in [1.807, 2.05) is 38.1 Å². The molecule has 0 heterocycles. The molecule has 0 amide bonds. The van der Waals surface area contributed by atoms with Crippen LogP contribution in [0.5, 0.6) is 5.75 Å². The van der Waals surface area contributed by atoms with Crippen LogP contribution in [0.1, 0.15) is 39.2 Å². The van der Waals surface area contributed by atoms with Crippen molar-refractivity contribution in [1.82, 2.24) is 0 Å². The Hall–Kier alpha value is -1.55. The van der Waals surface area contributed by atoms with Crippen LogP contribution in [0, 0.1) is 5.92 Å². The summed E-state index contributed by atoms with van der Waals surface area (Å²) in [6, 6.07) is 7.44. The number of aliphatic hydroxyl groups is 1. The second-order valence-corrected chi connectivity index (χ2v) is 5.16. The Morgan fingerprint density at radius 1 is 1.30 bits per heavy atom. The van der Waals surface area contributed by atoms with Crippen LogP contribution >= 0.6 is 0 Å². The smallest absolute Gasteiger partial charge is 0.338 e. The van der Waals surface area contributed by atoms with Gasteiger partial charge in [-0.1, -0.05) is 39.0 Å². The summed E-state index contributed by atoms with van der Waals surface area (Å²) in [5, 5.41) is 10.8. The number of hydrogen-bond donors (Lipinski definition) is 1. The zero-order chi connectivity index (χ0) is 15.3. The van der Waals surface area contributed by atoms with Crippen molar-refractivity contribution in [2.45, 2.75) is 39.2 Å². The van der Waals surface area contributed by atoms with Crippen LogP contribution in [0.15, 0.2) is 24.3 Å². The van der Waals surface area contributed by atoms with E-state index in [1.165, 1.54) is 7.11 Å². The van der Waals surface area contributed by atoms with Crippen molar-refractivity contribution in [3.05, 3.63) is 29.8 Å². The van der Waals surface area contributed by atoms with Crippen LogP contribution in [0.25, 0.3) is 0 Å². The number of rotatable bonds is 6. The van der Waals surface area contributed by atoms with Gasteiger partial charge < -0.3 is 14.6 Å². The van der Waals surface area contributed by atoms with E-state index in [4.69, 9.17) is 9.47 Å². The summed E-state index contributed by atoms with van der Waals surface area (Å²) in [4.78, 5) is 12.0. The third-order valence-corrected chi connectivity index (χ3v) is 3.74. The number of para-hydroxylation sites is 1. The highest BCUT2D eigenvalue weighted by atomic mass is 16.5. The summed E-state index contributed by atoms with van der Waals surface area (Å²) in [5.74, 6) is -0.644. The van der Waals surface area contributed by atoms with Gasteiger partial charge in [0, 0.05) is 11.5 Å². The predicted octanol–water partition coefficient (Wildman–Crippen LogP) is 2.75. The molecule has 2 atom stereocenters. The summed E-state index contributed by atoms with van der Waals surface area (Å²) in [6.07, 6.45) is 0. The molecule has 0 spiro atoms. The van der Waals surface area contributed by atoms with Crippen LogP contribution in [0.2, 0.25) is 0 Å². The summed E-state index contributed by atoms with van der Waals surface area (Å²) in [6.45, 7) is 7.85. The lowest BCUT2D eigenvalue weighted by Crippen LogP contribution is -2.49. The summed E-state index contributed by atoms with van der Waals surface area (Å²) in [7, 11) is 1.29. The van der Waals surface area contributed by atoms with Crippen molar-refractivity contribution >= 4 is 5.97 Å². The molecular formula is C16H24O4. The lowest BCUT2D eigenvalue weighted by atomic mass is 9.75. The number of ether oxygens (including phenoxy) is 2. The Labute approximate surface area is 120 Å². The minimum atomic E-state index is -1.58. The number of esters is 1. The van der Waals surface area contributed by atoms with Gasteiger partial charge in [0.2, 0.25) is 0 Å². The van der Waals surface area contributed by atoms with Gasteiger partial charge in [0.1, 0.15) is 5.75 Å².